The van der Waals surface area contributed by atoms with Crippen LogP contribution < -0.4 is 5.32 Å². The summed E-state index contributed by atoms with van der Waals surface area (Å²) < 4.78 is 5.46. The zero-order valence-electron chi connectivity index (χ0n) is 49.1. The van der Waals surface area contributed by atoms with Crippen molar-refractivity contribution in [3.63, 3.8) is 0 Å². The van der Waals surface area contributed by atoms with Crippen LogP contribution in [0.5, 0.6) is 0 Å². The van der Waals surface area contributed by atoms with Gasteiger partial charge in [-0.3, -0.25) is 9.59 Å². The van der Waals surface area contributed by atoms with E-state index < -0.39 is 12.1 Å². The molecule has 0 aliphatic carbocycles. The Hall–Kier alpha value is -1.92. The lowest BCUT2D eigenvalue weighted by Gasteiger charge is -2.22. The second-order valence-electron chi connectivity index (χ2n) is 22.4. The number of aliphatic hydroxyl groups is 2. The molecule has 2 unspecified atom stereocenters. The number of aliphatic hydroxyl groups excluding tert-OH is 2. The van der Waals surface area contributed by atoms with Crippen molar-refractivity contribution in [2.75, 3.05) is 13.2 Å². The molecule has 0 radical (unpaired) electrons. The largest absolute Gasteiger partial charge is 0.466 e. The van der Waals surface area contributed by atoms with Gasteiger partial charge in [0.05, 0.1) is 25.4 Å². The third kappa shape index (κ3) is 59.2. The lowest BCUT2D eigenvalue weighted by atomic mass is 10.0. The van der Waals surface area contributed by atoms with Gasteiger partial charge in [-0.25, -0.2) is 0 Å². The minimum atomic E-state index is -0.677. The zero-order chi connectivity index (χ0) is 52.9. The van der Waals surface area contributed by atoms with Gasteiger partial charge in [-0.1, -0.05) is 288 Å². The molecule has 0 aliphatic rings. The second-order valence-corrected chi connectivity index (χ2v) is 22.4. The first kappa shape index (κ1) is 71.1. The maximum Gasteiger partial charge on any atom is 0.305 e. The summed E-state index contributed by atoms with van der Waals surface area (Å²) in [5.74, 6) is -0.0707. The number of allylic oxidation sites excluding steroid dienone is 6. The van der Waals surface area contributed by atoms with Crippen LogP contribution in [-0.4, -0.2) is 47.4 Å². The number of unbranched alkanes of at least 4 members (excludes halogenated alkanes) is 44. The molecule has 6 heteroatoms. The monoisotopic (exact) mass is 1030 g/mol. The molecule has 0 aliphatic heterocycles. The molecule has 0 aromatic carbocycles. The zero-order valence-corrected chi connectivity index (χ0v) is 49.1. The molecule has 0 aromatic heterocycles. The summed E-state index contributed by atoms with van der Waals surface area (Å²) in [6, 6.07) is -0.556. The third-order valence-electron chi connectivity index (χ3n) is 15.2. The minimum absolute atomic E-state index is 0.0227. The van der Waals surface area contributed by atoms with E-state index in [1.165, 1.54) is 238 Å². The van der Waals surface area contributed by atoms with Crippen molar-refractivity contribution in [1.82, 2.24) is 5.32 Å². The van der Waals surface area contributed by atoms with Crippen LogP contribution in [0.1, 0.15) is 354 Å². The van der Waals surface area contributed by atoms with Crippen molar-refractivity contribution in [2.45, 2.75) is 366 Å². The molecule has 3 N–H and O–H groups in total. The number of nitrogens with one attached hydrogen (secondary N) is 1. The fourth-order valence-electron chi connectivity index (χ4n) is 10.1. The number of ether oxygens (including phenoxy) is 1. The van der Waals surface area contributed by atoms with E-state index in [-0.39, 0.29) is 18.5 Å². The minimum Gasteiger partial charge on any atom is -0.466 e. The van der Waals surface area contributed by atoms with Crippen LogP contribution >= 0.6 is 0 Å². The predicted molar refractivity (Wildman–Crippen MR) is 319 cm³/mol. The van der Waals surface area contributed by atoms with Crippen LogP contribution in [-0.2, 0) is 14.3 Å². The molecule has 2 atom stereocenters. The summed E-state index contributed by atoms with van der Waals surface area (Å²) in [7, 11) is 0. The maximum atomic E-state index is 12.5. The van der Waals surface area contributed by atoms with E-state index in [0.717, 1.165) is 83.5 Å². The fourth-order valence-corrected chi connectivity index (χ4v) is 10.1. The fraction of sp³-hybridized carbons (Fsp3) is 0.881. The van der Waals surface area contributed by atoms with Crippen LogP contribution in [0, 0.1) is 0 Å². The van der Waals surface area contributed by atoms with Crippen molar-refractivity contribution in [3.8, 4) is 0 Å². The Kier molecular flexibility index (Phi) is 61.0. The van der Waals surface area contributed by atoms with E-state index in [1.807, 2.05) is 0 Å². The Balaban J connectivity index is 3.48. The Morgan fingerprint density at radius 1 is 0.384 bits per heavy atom. The summed E-state index contributed by atoms with van der Waals surface area (Å²) in [4.78, 5) is 24.6. The first-order valence-electron chi connectivity index (χ1n) is 32.7. The highest BCUT2D eigenvalue weighted by Crippen LogP contribution is 2.18. The maximum absolute atomic E-state index is 12.5. The SMILES string of the molecule is CCCCCCCC/C=C\CCCCCCCC(=O)OCCCCC/C=C\C/C=C\CCCCCCCCCC(=O)NC(CO)C(O)CCCCCCCCCCCCCCCCCCCCCCCCCC. The van der Waals surface area contributed by atoms with E-state index >= 15 is 0 Å². The van der Waals surface area contributed by atoms with Crippen molar-refractivity contribution >= 4 is 11.9 Å². The van der Waals surface area contributed by atoms with Gasteiger partial charge in [0.2, 0.25) is 5.91 Å². The van der Waals surface area contributed by atoms with Crippen LogP contribution in [0.15, 0.2) is 36.5 Å². The molecule has 0 bridgehead atoms. The normalized spacial score (nSPS) is 12.8. The molecular weight excluding hydrogens is 899 g/mol. The van der Waals surface area contributed by atoms with Gasteiger partial charge in [-0.05, 0) is 89.9 Å². The van der Waals surface area contributed by atoms with Gasteiger partial charge in [-0.2, -0.15) is 0 Å². The van der Waals surface area contributed by atoms with Crippen LogP contribution in [0.3, 0.4) is 0 Å². The van der Waals surface area contributed by atoms with E-state index in [2.05, 4.69) is 55.6 Å². The molecule has 0 spiro atoms. The number of esters is 1. The second kappa shape index (κ2) is 62.6. The van der Waals surface area contributed by atoms with Gasteiger partial charge in [-0.15, -0.1) is 0 Å². The summed E-state index contributed by atoms with van der Waals surface area (Å²) >= 11 is 0. The van der Waals surface area contributed by atoms with Crippen molar-refractivity contribution < 1.29 is 24.5 Å². The summed E-state index contributed by atoms with van der Waals surface area (Å²) in [5.41, 5.74) is 0. The van der Waals surface area contributed by atoms with Gasteiger partial charge in [0, 0.05) is 12.8 Å². The lowest BCUT2D eigenvalue weighted by Crippen LogP contribution is -2.45. The van der Waals surface area contributed by atoms with Crippen LogP contribution in [0.25, 0.3) is 0 Å². The van der Waals surface area contributed by atoms with Crippen LogP contribution in [0.2, 0.25) is 0 Å². The number of carbonyl (C=O) groups excluding carboxylic acids is 2. The summed E-state index contributed by atoms with van der Waals surface area (Å²) in [5, 5.41) is 23.4. The standard InChI is InChI=1S/C67H127NO5/c1-3-5-7-9-11-13-15-17-19-20-21-22-23-24-25-26-28-32-35-39-43-47-51-55-59-65(70)64(63-69)68-66(71)60-56-52-48-44-40-36-33-29-27-30-34-38-42-46-50-54-58-62-73-67(72)61-57-53-49-45-41-37-31-18-16-14-12-10-8-6-4-2/h18,27,30-31,38,42,64-65,69-70H,3-17,19-26,28-29,32-37,39-41,43-63H2,1-2H3,(H,68,71)/b30-27-,31-18-,42-38-. The van der Waals surface area contributed by atoms with Crippen molar-refractivity contribution in [3.05, 3.63) is 36.5 Å². The van der Waals surface area contributed by atoms with Gasteiger partial charge >= 0.3 is 5.97 Å². The molecule has 0 heterocycles. The van der Waals surface area contributed by atoms with Gasteiger partial charge < -0.3 is 20.3 Å². The van der Waals surface area contributed by atoms with Crippen LogP contribution in [0.4, 0.5) is 0 Å². The number of hydrogen-bond acceptors (Lipinski definition) is 5. The van der Waals surface area contributed by atoms with Crippen molar-refractivity contribution in [1.29, 1.82) is 0 Å². The van der Waals surface area contributed by atoms with E-state index in [4.69, 9.17) is 4.74 Å². The lowest BCUT2D eigenvalue weighted by molar-refractivity contribution is -0.143. The Bertz CT molecular complexity index is 1180. The van der Waals surface area contributed by atoms with Crippen molar-refractivity contribution in [2.24, 2.45) is 0 Å². The van der Waals surface area contributed by atoms with E-state index in [0.29, 0.717) is 25.9 Å². The summed E-state index contributed by atoms with van der Waals surface area (Å²) in [6.07, 6.45) is 78.8. The Morgan fingerprint density at radius 2 is 0.685 bits per heavy atom. The highest BCUT2D eigenvalue weighted by molar-refractivity contribution is 5.76. The first-order chi connectivity index (χ1) is 36.0. The van der Waals surface area contributed by atoms with Gasteiger partial charge in [0.1, 0.15) is 0 Å². The summed E-state index contributed by atoms with van der Waals surface area (Å²) in [6.45, 7) is 4.92. The Labute approximate surface area is 455 Å². The molecule has 73 heavy (non-hydrogen) atoms. The van der Waals surface area contributed by atoms with Gasteiger partial charge in [0.15, 0.2) is 0 Å². The molecular formula is C67H127NO5. The van der Waals surface area contributed by atoms with E-state index in [1.54, 1.807) is 0 Å². The molecule has 0 saturated heterocycles. The predicted octanol–water partition coefficient (Wildman–Crippen LogP) is 20.8. The quantitative estimate of drug-likeness (QED) is 0.0320. The number of carbonyl (C=O) groups is 2. The smallest absolute Gasteiger partial charge is 0.305 e. The average molecular weight is 1030 g/mol. The first-order valence-corrected chi connectivity index (χ1v) is 32.7. The molecule has 0 aromatic rings. The highest BCUT2D eigenvalue weighted by atomic mass is 16.5. The Morgan fingerprint density at radius 3 is 1.05 bits per heavy atom. The van der Waals surface area contributed by atoms with E-state index in [9.17, 15) is 19.8 Å². The highest BCUT2D eigenvalue weighted by Gasteiger charge is 2.20. The third-order valence-corrected chi connectivity index (χ3v) is 15.2. The molecule has 0 fully saturated rings. The average Bonchev–Trinajstić information content (AvgIpc) is 3.39. The molecule has 0 rings (SSSR count). The molecule has 430 valence electrons. The number of rotatable bonds is 61. The number of hydrogen-bond donors (Lipinski definition) is 3. The number of amides is 1. The van der Waals surface area contributed by atoms with Gasteiger partial charge in [0.25, 0.3) is 0 Å². The topological polar surface area (TPSA) is 95.9 Å². The molecule has 6 nitrogen and oxygen atoms in total. The molecule has 1 amide bonds. The molecule has 0 saturated carbocycles.